The van der Waals surface area contributed by atoms with Crippen molar-refractivity contribution in [1.82, 2.24) is 4.98 Å². The van der Waals surface area contributed by atoms with E-state index in [1.165, 1.54) is 6.20 Å². The maximum atomic E-state index is 12.8. The molecule has 0 aliphatic carbocycles. The van der Waals surface area contributed by atoms with Gasteiger partial charge in [-0.15, -0.1) is 11.6 Å². The van der Waals surface area contributed by atoms with E-state index in [0.717, 1.165) is 0 Å². The summed E-state index contributed by atoms with van der Waals surface area (Å²) in [6.07, 6.45) is -1.24. The van der Waals surface area contributed by atoms with Gasteiger partial charge in [-0.1, -0.05) is 0 Å². The van der Waals surface area contributed by atoms with E-state index in [-0.39, 0.29) is 23.6 Å². The van der Waals surface area contributed by atoms with Crippen molar-refractivity contribution in [2.24, 2.45) is 0 Å². The molecule has 80 valence electrons. The maximum absolute atomic E-state index is 12.8. The van der Waals surface area contributed by atoms with E-state index in [9.17, 15) is 8.78 Å². The van der Waals surface area contributed by atoms with Gasteiger partial charge >= 0.3 is 0 Å². The van der Waals surface area contributed by atoms with Gasteiger partial charge in [-0.25, -0.2) is 8.78 Å². The van der Waals surface area contributed by atoms with E-state index in [1.807, 2.05) is 28.7 Å². The molecule has 0 bridgehead atoms. The molecule has 0 radical (unpaired) electrons. The fourth-order valence-corrected chi connectivity index (χ4v) is 2.04. The summed E-state index contributed by atoms with van der Waals surface area (Å²) in [4.78, 5) is 3.83. The predicted octanol–water partition coefficient (Wildman–Crippen LogP) is 3.43. The fourth-order valence-electron chi connectivity index (χ4n) is 1.21. The summed E-state index contributed by atoms with van der Waals surface area (Å²) in [6.45, 7) is 0. The van der Waals surface area contributed by atoms with Crippen molar-refractivity contribution in [3.8, 4) is 6.07 Å². The second kappa shape index (κ2) is 5.56. The molecule has 2 nitrogen and oxygen atoms in total. The Morgan fingerprint density at radius 3 is 2.73 bits per heavy atom. The molecule has 0 fully saturated rings. The van der Waals surface area contributed by atoms with Crippen molar-refractivity contribution in [2.75, 3.05) is 0 Å². The summed E-state index contributed by atoms with van der Waals surface area (Å²) in [7, 11) is 0. The Hall–Kier alpha value is -0.480. The minimum absolute atomic E-state index is 0.0512. The lowest BCUT2D eigenvalue weighted by Crippen LogP contribution is -2.04. The van der Waals surface area contributed by atoms with Crippen LogP contribution in [0.5, 0.6) is 0 Å². The van der Waals surface area contributed by atoms with Crippen LogP contribution in [0.1, 0.15) is 23.2 Å². The molecule has 1 aromatic rings. The van der Waals surface area contributed by atoms with Crippen LogP contribution in [0.3, 0.4) is 0 Å². The largest absolute Gasteiger partial charge is 0.265 e. The molecule has 0 N–H and O–H groups in total. The molecule has 1 rings (SSSR count). The van der Waals surface area contributed by atoms with Crippen LogP contribution in [0.25, 0.3) is 0 Å². The first kappa shape index (κ1) is 12.6. The van der Waals surface area contributed by atoms with Gasteiger partial charge < -0.3 is 0 Å². The number of halogens is 4. The lowest BCUT2D eigenvalue weighted by atomic mass is 10.1. The minimum Gasteiger partial charge on any atom is -0.258 e. The average molecular weight is 343 g/mol. The maximum Gasteiger partial charge on any atom is 0.265 e. The lowest BCUT2D eigenvalue weighted by molar-refractivity contribution is 0.149. The molecule has 15 heavy (non-hydrogen) atoms. The van der Waals surface area contributed by atoms with Gasteiger partial charge in [0.25, 0.3) is 6.43 Å². The van der Waals surface area contributed by atoms with Gasteiger partial charge in [0.2, 0.25) is 0 Å². The Morgan fingerprint density at radius 2 is 2.27 bits per heavy atom. The first-order chi connectivity index (χ1) is 7.11. The second-order valence-electron chi connectivity index (χ2n) is 2.71. The third-order valence-electron chi connectivity index (χ3n) is 1.86. The van der Waals surface area contributed by atoms with Crippen LogP contribution in [0.15, 0.2) is 6.20 Å². The van der Waals surface area contributed by atoms with Gasteiger partial charge in [0.15, 0.2) is 0 Å². The van der Waals surface area contributed by atoms with Crippen LogP contribution in [0, 0.1) is 14.9 Å². The third kappa shape index (κ3) is 2.75. The highest BCUT2D eigenvalue weighted by atomic mass is 127. The highest BCUT2D eigenvalue weighted by Crippen LogP contribution is 2.29. The quantitative estimate of drug-likeness (QED) is 0.623. The van der Waals surface area contributed by atoms with E-state index in [2.05, 4.69) is 4.98 Å². The van der Waals surface area contributed by atoms with Gasteiger partial charge in [0.1, 0.15) is 0 Å². The molecule has 0 spiro atoms. The van der Waals surface area contributed by atoms with Gasteiger partial charge in [-0.05, 0) is 28.2 Å². The highest BCUT2D eigenvalue weighted by Gasteiger charge is 2.20. The summed E-state index contributed by atoms with van der Waals surface area (Å²) in [5.74, 6) is -0.0744. The van der Waals surface area contributed by atoms with E-state index >= 15 is 0 Å². The average Bonchev–Trinajstić information content (AvgIpc) is 2.20. The van der Waals surface area contributed by atoms with Crippen LogP contribution in [0.2, 0.25) is 0 Å². The van der Waals surface area contributed by atoms with Crippen molar-refractivity contribution in [2.45, 2.75) is 18.7 Å². The first-order valence-corrected chi connectivity index (χ1v) is 5.60. The number of hydrogen-bond donors (Lipinski definition) is 0. The number of aromatic nitrogens is 1. The molecular formula is C9H6ClF2IN2. The van der Waals surface area contributed by atoms with Crippen molar-refractivity contribution in [3.63, 3.8) is 0 Å². The van der Waals surface area contributed by atoms with Crippen LogP contribution >= 0.6 is 34.2 Å². The Morgan fingerprint density at radius 1 is 1.60 bits per heavy atom. The summed E-state index contributed by atoms with van der Waals surface area (Å²) in [5.41, 5.74) is 0.287. The number of rotatable bonds is 3. The number of nitrogens with zero attached hydrogens (tertiary/aromatic N) is 2. The molecule has 0 amide bonds. The summed E-state index contributed by atoms with van der Waals surface area (Å²) in [5, 5.41) is 8.56. The van der Waals surface area contributed by atoms with Crippen LogP contribution < -0.4 is 0 Å². The molecule has 1 aromatic heterocycles. The molecule has 0 saturated carbocycles. The Kier molecular flexibility index (Phi) is 4.67. The SMILES string of the molecule is N#CCc1c(I)cnc(CCl)c1C(F)F. The zero-order valence-electron chi connectivity index (χ0n) is 7.48. The number of hydrogen-bond acceptors (Lipinski definition) is 2. The fraction of sp³-hybridized carbons (Fsp3) is 0.333. The molecule has 0 atom stereocenters. The predicted molar refractivity (Wildman–Crippen MR) is 60.8 cm³/mol. The minimum atomic E-state index is -2.65. The van der Waals surface area contributed by atoms with E-state index in [4.69, 9.17) is 16.9 Å². The smallest absolute Gasteiger partial charge is 0.258 e. The number of alkyl halides is 3. The monoisotopic (exact) mass is 342 g/mol. The lowest BCUT2D eigenvalue weighted by Gasteiger charge is -2.11. The normalized spacial score (nSPS) is 10.4. The molecule has 0 unspecified atom stereocenters. The zero-order valence-corrected chi connectivity index (χ0v) is 10.4. The second-order valence-corrected chi connectivity index (χ2v) is 4.14. The Balaban J connectivity index is 3.38. The van der Waals surface area contributed by atoms with Gasteiger partial charge in [-0.3, -0.25) is 4.98 Å². The van der Waals surface area contributed by atoms with Crippen molar-refractivity contribution < 1.29 is 8.78 Å². The zero-order chi connectivity index (χ0) is 11.4. The number of nitriles is 1. The van der Waals surface area contributed by atoms with Crippen LogP contribution in [0.4, 0.5) is 8.78 Å². The molecule has 0 aromatic carbocycles. The standard InChI is InChI=1S/C9H6ClF2IN2/c10-3-7-8(9(11)12)5(1-2-14)6(13)4-15-7/h4,9H,1,3H2. The van der Waals surface area contributed by atoms with Crippen molar-refractivity contribution in [1.29, 1.82) is 5.26 Å². The first-order valence-electron chi connectivity index (χ1n) is 3.99. The third-order valence-corrected chi connectivity index (χ3v) is 3.04. The van der Waals surface area contributed by atoms with E-state index in [0.29, 0.717) is 9.13 Å². The van der Waals surface area contributed by atoms with E-state index in [1.54, 1.807) is 0 Å². The summed E-state index contributed by atoms with van der Waals surface area (Å²) < 4.78 is 26.1. The van der Waals surface area contributed by atoms with Crippen molar-refractivity contribution in [3.05, 3.63) is 26.6 Å². The molecule has 1 heterocycles. The van der Waals surface area contributed by atoms with Crippen LogP contribution in [-0.4, -0.2) is 4.98 Å². The highest BCUT2D eigenvalue weighted by molar-refractivity contribution is 14.1. The molecule has 0 aliphatic heterocycles. The molecular weight excluding hydrogens is 336 g/mol. The van der Waals surface area contributed by atoms with Gasteiger partial charge in [-0.2, -0.15) is 5.26 Å². The Labute approximate surface area is 104 Å². The Bertz CT molecular complexity index is 404. The van der Waals surface area contributed by atoms with E-state index < -0.39 is 6.43 Å². The summed E-state index contributed by atoms with van der Waals surface area (Å²) >= 11 is 7.41. The molecule has 6 heteroatoms. The van der Waals surface area contributed by atoms with Crippen molar-refractivity contribution >= 4 is 34.2 Å². The van der Waals surface area contributed by atoms with Gasteiger partial charge in [0.05, 0.1) is 24.1 Å². The summed E-state index contributed by atoms with van der Waals surface area (Å²) in [6, 6.07) is 1.86. The molecule has 0 aliphatic rings. The number of pyridine rings is 1. The topological polar surface area (TPSA) is 36.7 Å². The van der Waals surface area contributed by atoms with Crippen LogP contribution in [-0.2, 0) is 12.3 Å². The molecule has 0 saturated heterocycles. The van der Waals surface area contributed by atoms with Gasteiger partial charge in [0, 0.05) is 15.3 Å².